The minimum absolute atomic E-state index is 0.807. The van der Waals surface area contributed by atoms with Gasteiger partial charge in [-0.05, 0) is 75.9 Å². The van der Waals surface area contributed by atoms with Crippen molar-refractivity contribution in [2.75, 3.05) is 26.2 Å². The van der Waals surface area contributed by atoms with Gasteiger partial charge in [-0.25, -0.2) is 0 Å². The standard InChI is InChI=1S/C16H30N2/c1-2-7-17-16-5-8-18(9-6-16)12-15-11-13-3-4-14(15)10-13/h13-17H,2-12H2,1H3. The van der Waals surface area contributed by atoms with Crippen molar-refractivity contribution in [3.05, 3.63) is 0 Å². The van der Waals surface area contributed by atoms with Crippen LogP contribution in [0.3, 0.4) is 0 Å². The molecular weight excluding hydrogens is 220 g/mol. The first-order valence-corrected chi connectivity index (χ1v) is 8.31. The Hall–Kier alpha value is -0.0800. The van der Waals surface area contributed by atoms with Crippen LogP contribution >= 0.6 is 0 Å². The van der Waals surface area contributed by atoms with Gasteiger partial charge < -0.3 is 10.2 Å². The first kappa shape index (κ1) is 12.9. The van der Waals surface area contributed by atoms with Crippen LogP contribution in [-0.2, 0) is 0 Å². The monoisotopic (exact) mass is 250 g/mol. The lowest BCUT2D eigenvalue weighted by Gasteiger charge is -2.35. The smallest absolute Gasteiger partial charge is 0.00914 e. The van der Waals surface area contributed by atoms with Crippen molar-refractivity contribution in [2.24, 2.45) is 17.8 Å². The lowest BCUT2D eigenvalue weighted by atomic mass is 9.88. The Morgan fingerprint density at radius 3 is 2.50 bits per heavy atom. The van der Waals surface area contributed by atoms with Crippen molar-refractivity contribution in [1.29, 1.82) is 0 Å². The average Bonchev–Trinajstić information content (AvgIpc) is 3.00. The molecule has 1 saturated heterocycles. The van der Waals surface area contributed by atoms with Crippen molar-refractivity contribution in [3.63, 3.8) is 0 Å². The normalized spacial score (nSPS) is 37.5. The van der Waals surface area contributed by atoms with Crippen molar-refractivity contribution < 1.29 is 0 Å². The molecule has 18 heavy (non-hydrogen) atoms. The molecule has 0 aromatic rings. The third-order valence-electron chi connectivity index (χ3n) is 5.65. The van der Waals surface area contributed by atoms with E-state index in [4.69, 9.17) is 0 Å². The van der Waals surface area contributed by atoms with Gasteiger partial charge in [-0.1, -0.05) is 13.3 Å². The molecule has 0 amide bonds. The summed E-state index contributed by atoms with van der Waals surface area (Å²) in [5, 5.41) is 3.69. The summed E-state index contributed by atoms with van der Waals surface area (Å²) in [6.07, 6.45) is 10.2. The molecule has 104 valence electrons. The molecular formula is C16H30N2. The van der Waals surface area contributed by atoms with Crippen molar-refractivity contribution in [1.82, 2.24) is 10.2 Å². The number of likely N-dealkylation sites (tertiary alicyclic amines) is 1. The van der Waals surface area contributed by atoms with Crippen LogP contribution in [0.5, 0.6) is 0 Å². The second kappa shape index (κ2) is 5.92. The van der Waals surface area contributed by atoms with Crippen molar-refractivity contribution in [3.8, 4) is 0 Å². The van der Waals surface area contributed by atoms with Gasteiger partial charge in [-0.3, -0.25) is 0 Å². The Bertz CT molecular complexity index is 258. The SMILES string of the molecule is CCCNC1CCN(CC2CC3CCC2C3)CC1. The summed E-state index contributed by atoms with van der Waals surface area (Å²) in [5.74, 6) is 3.28. The zero-order valence-corrected chi connectivity index (χ0v) is 12.0. The lowest BCUT2D eigenvalue weighted by Crippen LogP contribution is -2.44. The van der Waals surface area contributed by atoms with Crippen LogP contribution in [0.25, 0.3) is 0 Å². The first-order valence-electron chi connectivity index (χ1n) is 8.31. The fourth-order valence-electron chi connectivity index (χ4n) is 4.60. The molecule has 1 heterocycles. The second-order valence-electron chi connectivity index (χ2n) is 6.96. The predicted molar refractivity (Wildman–Crippen MR) is 76.7 cm³/mol. The van der Waals surface area contributed by atoms with Crippen molar-refractivity contribution in [2.45, 2.75) is 57.9 Å². The summed E-state index contributed by atoms with van der Waals surface area (Å²) < 4.78 is 0. The minimum atomic E-state index is 0.807. The van der Waals surface area contributed by atoms with Crippen LogP contribution in [0.15, 0.2) is 0 Å². The molecule has 2 bridgehead atoms. The van der Waals surface area contributed by atoms with Crippen LogP contribution in [0.4, 0.5) is 0 Å². The van der Waals surface area contributed by atoms with Crippen molar-refractivity contribution >= 4 is 0 Å². The number of hydrogen-bond acceptors (Lipinski definition) is 2. The van der Waals surface area contributed by atoms with Crippen LogP contribution in [-0.4, -0.2) is 37.1 Å². The summed E-state index contributed by atoms with van der Waals surface area (Å²) in [5.41, 5.74) is 0. The summed E-state index contributed by atoms with van der Waals surface area (Å²) in [7, 11) is 0. The maximum Gasteiger partial charge on any atom is 0.00914 e. The number of nitrogens with one attached hydrogen (secondary N) is 1. The summed E-state index contributed by atoms with van der Waals surface area (Å²) in [6.45, 7) is 7.57. The molecule has 2 heteroatoms. The fourth-order valence-corrected chi connectivity index (χ4v) is 4.60. The number of piperidine rings is 1. The maximum absolute atomic E-state index is 3.69. The Morgan fingerprint density at radius 1 is 1.06 bits per heavy atom. The highest BCUT2D eigenvalue weighted by molar-refractivity contribution is 4.92. The quantitative estimate of drug-likeness (QED) is 0.807. The predicted octanol–water partition coefficient (Wildman–Crippen LogP) is 2.89. The third-order valence-corrected chi connectivity index (χ3v) is 5.65. The molecule has 3 aliphatic rings. The zero-order valence-electron chi connectivity index (χ0n) is 12.0. The van der Waals surface area contributed by atoms with E-state index in [1.165, 1.54) is 45.4 Å². The molecule has 0 spiro atoms. The summed E-state index contributed by atoms with van der Waals surface area (Å²) >= 11 is 0. The largest absolute Gasteiger partial charge is 0.314 e. The van der Waals surface area contributed by atoms with Gasteiger partial charge in [0, 0.05) is 12.6 Å². The van der Waals surface area contributed by atoms with Gasteiger partial charge in [0.05, 0.1) is 0 Å². The minimum Gasteiger partial charge on any atom is -0.314 e. The van der Waals surface area contributed by atoms with E-state index >= 15 is 0 Å². The topological polar surface area (TPSA) is 15.3 Å². The molecule has 0 aromatic heterocycles. The van der Waals surface area contributed by atoms with Gasteiger partial charge in [-0.2, -0.15) is 0 Å². The van der Waals surface area contributed by atoms with Gasteiger partial charge in [0.15, 0.2) is 0 Å². The molecule has 1 N–H and O–H groups in total. The fraction of sp³-hybridized carbons (Fsp3) is 1.00. The molecule has 2 nitrogen and oxygen atoms in total. The van der Waals surface area contributed by atoms with Gasteiger partial charge in [0.1, 0.15) is 0 Å². The van der Waals surface area contributed by atoms with Gasteiger partial charge in [-0.15, -0.1) is 0 Å². The van der Waals surface area contributed by atoms with E-state index in [2.05, 4.69) is 17.1 Å². The zero-order chi connectivity index (χ0) is 12.4. The second-order valence-corrected chi connectivity index (χ2v) is 6.96. The Balaban J connectivity index is 1.38. The summed E-state index contributed by atoms with van der Waals surface area (Å²) in [6, 6.07) is 0.807. The molecule has 3 rings (SSSR count). The highest BCUT2D eigenvalue weighted by Crippen LogP contribution is 2.48. The van der Waals surface area contributed by atoms with Crippen LogP contribution in [0.2, 0.25) is 0 Å². The van der Waals surface area contributed by atoms with Gasteiger partial charge in [0.2, 0.25) is 0 Å². The summed E-state index contributed by atoms with van der Waals surface area (Å²) in [4.78, 5) is 2.76. The van der Waals surface area contributed by atoms with E-state index in [-0.39, 0.29) is 0 Å². The van der Waals surface area contributed by atoms with Crippen LogP contribution < -0.4 is 5.32 Å². The van der Waals surface area contributed by atoms with E-state index in [9.17, 15) is 0 Å². The molecule has 3 fully saturated rings. The van der Waals surface area contributed by atoms with E-state index < -0.39 is 0 Å². The highest BCUT2D eigenvalue weighted by atomic mass is 15.1. The number of hydrogen-bond donors (Lipinski definition) is 1. The first-order chi connectivity index (χ1) is 8.85. The Morgan fingerprint density at radius 2 is 1.89 bits per heavy atom. The Labute approximate surface area is 113 Å². The molecule has 0 aromatic carbocycles. The average molecular weight is 250 g/mol. The number of rotatable bonds is 5. The van der Waals surface area contributed by atoms with E-state index in [0.29, 0.717) is 0 Å². The molecule has 2 saturated carbocycles. The molecule has 3 unspecified atom stereocenters. The molecule has 1 aliphatic heterocycles. The number of fused-ring (bicyclic) bond motifs is 2. The van der Waals surface area contributed by atoms with Crippen LogP contribution in [0, 0.1) is 17.8 Å². The van der Waals surface area contributed by atoms with E-state index in [1.807, 2.05) is 0 Å². The molecule has 0 radical (unpaired) electrons. The van der Waals surface area contributed by atoms with Gasteiger partial charge >= 0.3 is 0 Å². The molecule has 2 aliphatic carbocycles. The Kier molecular flexibility index (Phi) is 4.25. The number of nitrogens with zero attached hydrogens (tertiary/aromatic N) is 1. The highest BCUT2D eigenvalue weighted by Gasteiger charge is 2.40. The maximum atomic E-state index is 3.69. The lowest BCUT2D eigenvalue weighted by molar-refractivity contribution is 0.149. The third kappa shape index (κ3) is 2.91. The van der Waals surface area contributed by atoms with E-state index in [0.717, 1.165) is 23.8 Å². The van der Waals surface area contributed by atoms with E-state index in [1.54, 1.807) is 25.7 Å². The van der Waals surface area contributed by atoms with Gasteiger partial charge in [0.25, 0.3) is 0 Å². The van der Waals surface area contributed by atoms with Crippen LogP contribution in [0.1, 0.15) is 51.9 Å². The molecule has 3 atom stereocenters.